The van der Waals surface area contributed by atoms with Crippen LogP contribution in [-0.4, -0.2) is 45.3 Å². The molecule has 2 aromatic rings. The van der Waals surface area contributed by atoms with Crippen LogP contribution in [0.5, 0.6) is 0 Å². The third kappa shape index (κ3) is 4.26. The Morgan fingerprint density at radius 2 is 2.21 bits per heavy atom. The maximum atomic E-state index is 12.4. The van der Waals surface area contributed by atoms with Crippen LogP contribution in [0.2, 0.25) is 10.0 Å². The van der Waals surface area contributed by atoms with Crippen LogP contribution in [0.4, 0.5) is 0 Å². The van der Waals surface area contributed by atoms with E-state index in [-0.39, 0.29) is 12.0 Å². The average Bonchev–Trinajstić information content (AvgIpc) is 3.11. The number of carbonyl (C=O) groups excluding carboxylic acids is 1. The molecule has 1 aromatic carbocycles. The Morgan fingerprint density at radius 3 is 2.96 bits per heavy atom. The minimum Gasteiger partial charge on any atom is -0.370 e. The first-order chi connectivity index (χ1) is 11.6. The van der Waals surface area contributed by atoms with Crippen LogP contribution in [0.25, 0.3) is 0 Å². The molecule has 8 heteroatoms. The molecule has 3 rings (SSSR count). The zero-order valence-electron chi connectivity index (χ0n) is 13.1. The Balaban J connectivity index is 1.54. The minimum atomic E-state index is -0.173. The van der Waals surface area contributed by atoms with E-state index >= 15 is 0 Å². The number of morpholine rings is 1. The van der Waals surface area contributed by atoms with Crippen molar-refractivity contribution in [2.75, 3.05) is 19.7 Å². The van der Waals surface area contributed by atoms with Crippen molar-refractivity contribution >= 4 is 29.1 Å². The van der Waals surface area contributed by atoms with Crippen LogP contribution in [-0.2, 0) is 16.1 Å². The summed E-state index contributed by atoms with van der Waals surface area (Å²) in [6.07, 6.45) is 4.18. The Bertz CT molecular complexity index is 693. The van der Waals surface area contributed by atoms with Crippen LogP contribution >= 0.6 is 23.2 Å². The van der Waals surface area contributed by atoms with Gasteiger partial charge in [0.15, 0.2) is 0 Å². The van der Waals surface area contributed by atoms with Crippen molar-refractivity contribution in [3.05, 3.63) is 46.5 Å². The highest BCUT2D eigenvalue weighted by Crippen LogP contribution is 2.29. The SMILES string of the molecule is O=C(CCCn1cncn1)N1CCO[C@@H](c2ccc(Cl)c(Cl)c2)C1. The van der Waals surface area contributed by atoms with Gasteiger partial charge >= 0.3 is 0 Å². The van der Waals surface area contributed by atoms with E-state index in [2.05, 4.69) is 10.1 Å². The maximum absolute atomic E-state index is 12.4. The largest absolute Gasteiger partial charge is 0.370 e. The predicted octanol–water partition coefficient (Wildman–Crippen LogP) is 2.97. The second kappa shape index (κ2) is 7.96. The molecule has 1 aliphatic heterocycles. The van der Waals surface area contributed by atoms with Crippen LogP contribution in [0.1, 0.15) is 24.5 Å². The first kappa shape index (κ1) is 17.2. The standard InChI is InChI=1S/C16H18Cl2N4O2/c17-13-4-3-12(8-14(13)18)15-9-21(6-7-24-15)16(23)2-1-5-22-11-19-10-20-22/h3-4,8,10-11,15H,1-2,5-7,9H2/t15-/m1/s1. The van der Waals surface area contributed by atoms with Crippen molar-refractivity contribution in [1.29, 1.82) is 0 Å². The number of benzene rings is 1. The van der Waals surface area contributed by atoms with E-state index in [1.807, 2.05) is 11.0 Å². The average molecular weight is 369 g/mol. The number of aryl methyl sites for hydroxylation is 1. The molecule has 0 unspecified atom stereocenters. The molecule has 1 fully saturated rings. The lowest BCUT2D eigenvalue weighted by molar-refractivity contribution is -0.139. The number of aromatic nitrogens is 3. The Hall–Kier alpha value is -1.63. The van der Waals surface area contributed by atoms with Crippen molar-refractivity contribution < 1.29 is 9.53 Å². The summed E-state index contributed by atoms with van der Waals surface area (Å²) in [4.78, 5) is 18.1. The first-order valence-corrected chi connectivity index (χ1v) is 8.56. The van der Waals surface area contributed by atoms with Gasteiger partial charge in [-0.2, -0.15) is 5.10 Å². The lowest BCUT2D eigenvalue weighted by Crippen LogP contribution is -2.42. The zero-order valence-corrected chi connectivity index (χ0v) is 14.6. The minimum absolute atomic E-state index is 0.128. The molecule has 1 aliphatic rings. The number of hydrogen-bond acceptors (Lipinski definition) is 4. The summed E-state index contributed by atoms with van der Waals surface area (Å²) in [5, 5.41) is 5.04. The summed E-state index contributed by atoms with van der Waals surface area (Å²) < 4.78 is 7.51. The van der Waals surface area contributed by atoms with Crippen molar-refractivity contribution in [3.8, 4) is 0 Å². The number of ether oxygens (including phenoxy) is 1. The summed E-state index contributed by atoms with van der Waals surface area (Å²) in [6.45, 7) is 2.34. The van der Waals surface area contributed by atoms with E-state index in [9.17, 15) is 4.79 Å². The fourth-order valence-corrected chi connectivity index (χ4v) is 3.00. The smallest absolute Gasteiger partial charge is 0.222 e. The van der Waals surface area contributed by atoms with E-state index in [0.717, 1.165) is 12.0 Å². The predicted molar refractivity (Wildman–Crippen MR) is 91.0 cm³/mol. The molecular weight excluding hydrogens is 351 g/mol. The van der Waals surface area contributed by atoms with Gasteiger partial charge in [-0.3, -0.25) is 9.48 Å². The van der Waals surface area contributed by atoms with E-state index < -0.39 is 0 Å². The van der Waals surface area contributed by atoms with Crippen LogP contribution in [0.3, 0.4) is 0 Å². The molecule has 1 amide bonds. The van der Waals surface area contributed by atoms with Crippen molar-refractivity contribution in [2.45, 2.75) is 25.5 Å². The Labute approximate surface area is 150 Å². The van der Waals surface area contributed by atoms with E-state index in [4.69, 9.17) is 27.9 Å². The van der Waals surface area contributed by atoms with Gasteiger partial charge in [0.05, 0.1) is 23.2 Å². The molecule has 128 valence electrons. The van der Waals surface area contributed by atoms with E-state index in [1.165, 1.54) is 6.33 Å². The van der Waals surface area contributed by atoms with Gasteiger partial charge in [-0.05, 0) is 24.1 Å². The highest BCUT2D eigenvalue weighted by atomic mass is 35.5. The quantitative estimate of drug-likeness (QED) is 0.813. The van der Waals surface area contributed by atoms with Gasteiger partial charge < -0.3 is 9.64 Å². The lowest BCUT2D eigenvalue weighted by atomic mass is 10.1. The van der Waals surface area contributed by atoms with Gasteiger partial charge in [0.25, 0.3) is 0 Å². The molecule has 1 aromatic heterocycles. The monoisotopic (exact) mass is 368 g/mol. The van der Waals surface area contributed by atoms with Gasteiger partial charge in [-0.25, -0.2) is 4.98 Å². The molecule has 1 saturated heterocycles. The van der Waals surface area contributed by atoms with E-state index in [0.29, 0.717) is 42.7 Å². The molecule has 0 saturated carbocycles. The van der Waals surface area contributed by atoms with Crippen LogP contribution < -0.4 is 0 Å². The summed E-state index contributed by atoms with van der Waals surface area (Å²) in [7, 11) is 0. The van der Waals surface area contributed by atoms with Crippen LogP contribution in [0.15, 0.2) is 30.9 Å². The molecule has 2 heterocycles. The molecule has 6 nitrogen and oxygen atoms in total. The number of nitrogens with zero attached hydrogens (tertiary/aromatic N) is 4. The van der Waals surface area contributed by atoms with E-state index in [1.54, 1.807) is 23.1 Å². The lowest BCUT2D eigenvalue weighted by Gasteiger charge is -2.33. The maximum Gasteiger partial charge on any atom is 0.222 e. The molecule has 0 radical (unpaired) electrons. The first-order valence-electron chi connectivity index (χ1n) is 7.80. The Kier molecular flexibility index (Phi) is 5.71. The summed E-state index contributed by atoms with van der Waals surface area (Å²) in [5.74, 6) is 0.128. The van der Waals surface area contributed by atoms with Gasteiger partial charge in [0, 0.05) is 19.5 Å². The summed E-state index contributed by atoms with van der Waals surface area (Å²) >= 11 is 12.0. The summed E-state index contributed by atoms with van der Waals surface area (Å²) in [5.41, 5.74) is 0.935. The van der Waals surface area contributed by atoms with Crippen molar-refractivity contribution in [3.63, 3.8) is 0 Å². The van der Waals surface area contributed by atoms with Gasteiger partial charge in [-0.1, -0.05) is 29.3 Å². The molecule has 1 atom stereocenters. The Morgan fingerprint density at radius 1 is 1.33 bits per heavy atom. The zero-order chi connectivity index (χ0) is 16.9. The van der Waals surface area contributed by atoms with Crippen molar-refractivity contribution in [1.82, 2.24) is 19.7 Å². The highest BCUT2D eigenvalue weighted by molar-refractivity contribution is 6.42. The number of amides is 1. The normalized spacial score (nSPS) is 17.9. The number of halogens is 2. The van der Waals surface area contributed by atoms with Gasteiger partial charge in [0.2, 0.25) is 5.91 Å². The number of carbonyl (C=O) groups is 1. The summed E-state index contributed by atoms with van der Waals surface area (Å²) in [6, 6.07) is 5.44. The second-order valence-electron chi connectivity index (χ2n) is 5.63. The molecular formula is C16H18Cl2N4O2. The third-order valence-corrected chi connectivity index (χ3v) is 4.72. The molecule has 0 aliphatic carbocycles. The fourth-order valence-electron chi connectivity index (χ4n) is 2.69. The number of rotatable bonds is 5. The molecule has 24 heavy (non-hydrogen) atoms. The second-order valence-corrected chi connectivity index (χ2v) is 6.45. The van der Waals surface area contributed by atoms with Gasteiger partial charge in [0.1, 0.15) is 18.8 Å². The molecule has 0 bridgehead atoms. The molecule has 0 spiro atoms. The third-order valence-electron chi connectivity index (χ3n) is 3.98. The molecule has 0 N–H and O–H groups in total. The fraction of sp³-hybridized carbons (Fsp3) is 0.438. The van der Waals surface area contributed by atoms with Gasteiger partial charge in [-0.15, -0.1) is 0 Å². The highest BCUT2D eigenvalue weighted by Gasteiger charge is 2.25. The topological polar surface area (TPSA) is 60.2 Å². The van der Waals surface area contributed by atoms with Crippen LogP contribution in [0, 0.1) is 0 Å². The van der Waals surface area contributed by atoms with Crippen molar-refractivity contribution in [2.24, 2.45) is 0 Å². The number of hydrogen-bond donors (Lipinski definition) is 0.